The zero-order valence-electron chi connectivity index (χ0n) is 15.6. The van der Waals surface area contributed by atoms with Crippen molar-refractivity contribution in [3.05, 3.63) is 66.1 Å². The van der Waals surface area contributed by atoms with Crippen molar-refractivity contribution in [3.8, 4) is 0 Å². The summed E-state index contributed by atoms with van der Waals surface area (Å²) >= 11 is 1.73. The summed E-state index contributed by atoms with van der Waals surface area (Å²) in [6.07, 6.45) is 5.51. The van der Waals surface area contributed by atoms with E-state index in [0.29, 0.717) is 13.1 Å². The molecule has 0 saturated carbocycles. The van der Waals surface area contributed by atoms with Crippen LogP contribution in [0.5, 0.6) is 0 Å². The number of para-hydroxylation sites is 1. The Hall–Kier alpha value is -2.64. The maximum Gasteiger partial charge on any atom is 0.216 e. The number of fused-ring (bicyclic) bond motifs is 1. The van der Waals surface area contributed by atoms with E-state index >= 15 is 0 Å². The van der Waals surface area contributed by atoms with Gasteiger partial charge in [0.05, 0.1) is 11.4 Å². The third-order valence-electron chi connectivity index (χ3n) is 4.87. The van der Waals surface area contributed by atoms with Crippen molar-refractivity contribution >= 4 is 34.4 Å². The molecule has 4 rings (SSSR count). The van der Waals surface area contributed by atoms with E-state index in [1.807, 2.05) is 53.4 Å². The minimum Gasteiger partial charge on any atom is -0.355 e. The number of nitrogens with one attached hydrogen (secondary N) is 2. The molecule has 3 heterocycles. The summed E-state index contributed by atoms with van der Waals surface area (Å²) < 4.78 is 2.04. The summed E-state index contributed by atoms with van der Waals surface area (Å²) in [6.45, 7) is 2.66. The summed E-state index contributed by atoms with van der Waals surface area (Å²) in [7, 11) is 0. The van der Waals surface area contributed by atoms with E-state index in [2.05, 4.69) is 15.6 Å². The van der Waals surface area contributed by atoms with E-state index in [4.69, 9.17) is 0 Å². The first kappa shape index (κ1) is 18.7. The van der Waals surface area contributed by atoms with Gasteiger partial charge in [-0.15, -0.1) is 11.8 Å². The first-order chi connectivity index (χ1) is 13.6. The number of carbonyl (C=O) groups excluding carboxylic acids is 2. The number of benzene rings is 1. The van der Waals surface area contributed by atoms with Gasteiger partial charge in [0.15, 0.2) is 5.78 Å². The lowest BCUT2D eigenvalue weighted by molar-refractivity contribution is -0.118. The third kappa shape index (κ3) is 3.81. The van der Waals surface area contributed by atoms with Crippen molar-refractivity contribution in [2.45, 2.75) is 24.9 Å². The molecule has 6 nitrogen and oxygen atoms in total. The highest BCUT2D eigenvalue weighted by atomic mass is 32.2. The molecule has 1 unspecified atom stereocenters. The predicted octanol–water partition coefficient (Wildman–Crippen LogP) is 2.76. The fourth-order valence-electron chi connectivity index (χ4n) is 3.51. The summed E-state index contributed by atoms with van der Waals surface area (Å²) in [5.74, 6) is 0.777. The largest absolute Gasteiger partial charge is 0.355 e. The molecule has 1 saturated heterocycles. The smallest absolute Gasteiger partial charge is 0.216 e. The number of Topliss-reactive ketones (excluding diaryl/α,β-unsaturated/α-hetero) is 1. The van der Waals surface area contributed by atoms with Gasteiger partial charge in [0.1, 0.15) is 0 Å². The fourth-order valence-corrected chi connectivity index (χ4v) is 4.74. The number of amides is 1. The van der Waals surface area contributed by atoms with Gasteiger partial charge in [-0.3, -0.25) is 19.9 Å². The molecule has 1 aliphatic rings. The molecule has 144 valence electrons. The van der Waals surface area contributed by atoms with Crippen LogP contribution in [0.1, 0.15) is 28.2 Å². The molecule has 2 atom stereocenters. The Kier molecular flexibility index (Phi) is 5.45. The molecule has 3 aromatic rings. The normalized spacial score (nSPS) is 19.0. The van der Waals surface area contributed by atoms with E-state index in [9.17, 15) is 9.59 Å². The van der Waals surface area contributed by atoms with Crippen LogP contribution in [0.2, 0.25) is 0 Å². The monoisotopic (exact) mass is 394 g/mol. The number of nitrogens with zero attached hydrogens (tertiary/aromatic N) is 2. The summed E-state index contributed by atoms with van der Waals surface area (Å²) in [6, 6.07) is 11.6. The van der Waals surface area contributed by atoms with Crippen molar-refractivity contribution in [2.75, 3.05) is 12.3 Å². The van der Waals surface area contributed by atoms with Crippen LogP contribution in [0.15, 0.2) is 55.0 Å². The van der Waals surface area contributed by atoms with Crippen molar-refractivity contribution < 1.29 is 9.59 Å². The fraction of sp³-hybridized carbons (Fsp3) is 0.286. The second-order valence-electron chi connectivity index (χ2n) is 6.82. The average Bonchev–Trinajstić information content (AvgIpc) is 3.34. The molecule has 2 aromatic heterocycles. The molecular weight excluding hydrogens is 372 g/mol. The van der Waals surface area contributed by atoms with Gasteiger partial charge >= 0.3 is 0 Å². The summed E-state index contributed by atoms with van der Waals surface area (Å²) in [4.78, 5) is 28.6. The Balaban J connectivity index is 1.55. The molecule has 0 radical (unpaired) electrons. The van der Waals surface area contributed by atoms with Gasteiger partial charge < -0.3 is 9.88 Å². The Bertz CT molecular complexity index is 1000. The second kappa shape index (κ2) is 8.16. The van der Waals surface area contributed by atoms with Crippen molar-refractivity contribution in [2.24, 2.45) is 0 Å². The molecule has 1 amide bonds. The first-order valence-corrected chi connectivity index (χ1v) is 10.3. The predicted molar refractivity (Wildman–Crippen MR) is 111 cm³/mol. The number of hydrogen-bond acceptors (Lipinski definition) is 5. The minimum absolute atomic E-state index is 0.0543. The lowest BCUT2D eigenvalue weighted by atomic mass is 10.0. The molecule has 28 heavy (non-hydrogen) atoms. The van der Waals surface area contributed by atoms with Crippen LogP contribution < -0.4 is 10.6 Å². The number of ketones is 1. The first-order valence-electron chi connectivity index (χ1n) is 9.27. The second-order valence-corrected chi connectivity index (χ2v) is 7.96. The van der Waals surface area contributed by atoms with Gasteiger partial charge in [0.2, 0.25) is 5.91 Å². The topological polar surface area (TPSA) is 76.0 Å². The van der Waals surface area contributed by atoms with E-state index < -0.39 is 0 Å². The van der Waals surface area contributed by atoms with Crippen molar-refractivity contribution in [1.82, 2.24) is 20.2 Å². The van der Waals surface area contributed by atoms with E-state index in [1.54, 1.807) is 18.0 Å². The number of aromatic nitrogens is 2. The number of thioether (sulfide) groups is 1. The maximum absolute atomic E-state index is 13.3. The maximum atomic E-state index is 13.3. The number of hydrogen-bond donors (Lipinski definition) is 2. The van der Waals surface area contributed by atoms with Gasteiger partial charge in [0.25, 0.3) is 0 Å². The van der Waals surface area contributed by atoms with Crippen molar-refractivity contribution in [3.63, 3.8) is 0 Å². The van der Waals surface area contributed by atoms with Crippen LogP contribution in [0, 0.1) is 0 Å². The molecule has 1 aliphatic heterocycles. The quantitative estimate of drug-likeness (QED) is 0.629. The van der Waals surface area contributed by atoms with Gasteiger partial charge in [-0.2, -0.15) is 0 Å². The summed E-state index contributed by atoms with van der Waals surface area (Å²) in [5, 5.41) is 7.28. The Morgan fingerprint density at radius 1 is 1.29 bits per heavy atom. The van der Waals surface area contributed by atoms with Crippen LogP contribution in [0.4, 0.5) is 0 Å². The van der Waals surface area contributed by atoms with Crippen LogP contribution in [-0.2, 0) is 11.3 Å². The van der Waals surface area contributed by atoms with E-state index in [-0.39, 0.29) is 23.1 Å². The van der Waals surface area contributed by atoms with Crippen LogP contribution in [-0.4, -0.2) is 39.6 Å². The summed E-state index contributed by atoms with van der Waals surface area (Å²) in [5.41, 5.74) is 2.81. The lowest BCUT2D eigenvalue weighted by Gasteiger charge is -2.12. The average molecular weight is 395 g/mol. The van der Waals surface area contributed by atoms with Gasteiger partial charge in [-0.25, -0.2) is 0 Å². The molecule has 0 bridgehead atoms. The third-order valence-corrected chi connectivity index (χ3v) is 6.13. The molecule has 7 heteroatoms. The molecule has 0 spiro atoms. The lowest BCUT2D eigenvalue weighted by Crippen LogP contribution is -2.34. The van der Waals surface area contributed by atoms with Crippen molar-refractivity contribution in [1.29, 1.82) is 0 Å². The molecule has 1 fully saturated rings. The van der Waals surface area contributed by atoms with Crippen LogP contribution in [0.25, 0.3) is 10.9 Å². The molecule has 0 aliphatic carbocycles. The van der Waals surface area contributed by atoms with Gasteiger partial charge in [-0.1, -0.05) is 24.3 Å². The number of carbonyl (C=O) groups is 2. The highest BCUT2D eigenvalue weighted by Gasteiger charge is 2.32. The molecular formula is C21H22N4O2S. The zero-order chi connectivity index (χ0) is 19.5. The number of rotatable bonds is 6. The Morgan fingerprint density at radius 3 is 2.93 bits per heavy atom. The van der Waals surface area contributed by atoms with E-state index in [0.717, 1.165) is 27.8 Å². The minimum atomic E-state index is -0.232. The van der Waals surface area contributed by atoms with Gasteiger partial charge in [0, 0.05) is 60.8 Å². The van der Waals surface area contributed by atoms with Crippen LogP contribution >= 0.6 is 11.8 Å². The van der Waals surface area contributed by atoms with E-state index in [1.165, 1.54) is 6.92 Å². The molecule has 2 N–H and O–H groups in total. The molecule has 1 aromatic carbocycles. The SMILES string of the molecule is CC(=O)NCCn1cc(C(=O)[C@@H]2CSC(c3cccnc3)N2)c2ccccc21. The van der Waals surface area contributed by atoms with Gasteiger partial charge in [-0.05, 0) is 17.7 Å². The highest BCUT2D eigenvalue weighted by Crippen LogP contribution is 2.34. The highest BCUT2D eigenvalue weighted by molar-refractivity contribution is 7.99. The standard InChI is InChI=1S/C21H22N4O2S/c1-14(26)23-9-10-25-12-17(16-6-2-3-7-19(16)25)20(27)18-13-28-21(24-18)15-5-4-8-22-11-15/h2-8,11-12,18,21,24H,9-10,13H2,1H3,(H,23,26)/t18-,21?/m0/s1. The Labute approximate surface area is 167 Å². The zero-order valence-corrected chi connectivity index (χ0v) is 16.4. The number of pyridine rings is 1. The Morgan fingerprint density at radius 2 is 2.14 bits per heavy atom. The van der Waals surface area contributed by atoms with Crippen LogP contribution in [0.3, 0.4) is 0 Å².